The molecule has 0 saturated carbocycles. The van der Waals surface area contributed by atoms with Crippen LogP contribution in [-0.4, -0.2) is 36.0 Å². The third-order valence-electron chi connectivity index (χ3n) is 5.79. The van der Waals surface area contributed by atoms with E-state index >= 15 is 0 Å². The molecular formula is C26H24F3N3O5. The van der Waals surface area contributed by atoms with Gasteiger partial charge in [0.15, 0.2) is 17.3 Å². The van der Waals surface area contributed by atoms with Crippen LogP contribution in [0.2, 0.25) is 0 Å². The fraction of sp³-hybridized carbons (Fsp3) is 0.269. The average molecular weight is 515 g/mol. The maximum atomic E-state index is 12.8. The van der Waals surface area contributed by atoms with Gasteiger partial charge in [-0.2, -0.15) is 5.10 Å². The molecule has 1 aliphatic rings. The van der Waals surface area contributed by atoms with E-state index in [1.54, 1.807) is 36.4 Å². The van der Waals surface area contributed by atoms with E-state index in [1.165, 1.54) is 36.6 Å². The average Bonchev–Trinajstić information content (AvgIpc) is 3.41. The lowest BCUT2D eigenvalue weighted by Gasteiger charge is -2.29. The molecule has 3 aromatic rings. The first-order valence-corrected chi connectivity index (χ1v) is 11.4. The smallest absolute Gasteiger partial charge is 0.493 e. The number of carbonyl (C=O) groups excluding carboxylic acids is 2. The van der Waals surface area contributed by atoms with Crippen LogP contribution < -0.4 is 14.8 Å². The molecule has 8 nitrogen and oxygen atoms in total. The number of hydrogen-bond donors (Lipinski definition) is 1. The second kappa shape index (κ2) is 10.8. The second-order valence-corrected chi connectivity index (χ2v) is 8.29. The van der Waals surface area contributed by atoms with Crippen LogP contribution >= 0.6 is 0 Å². The van der Waals surface area contributed by atoms with E-state index in [2.05, 4.69) is 15.2 Å². The van der Waals surface area contributed by atoms with Crippen LogP contribution in [0, 0.1) is 5.92 Å². The molecule has 11 heteroatoms. The van der Waals surface area contributed by atoms with Gasteiger partial charge in [-0.1, -0.05) is 19.1 Å². The standard InChI is InChI=1S/C26H24F3N3O5/c1-3-17-14-23(33)32(15-16-6-9-19(10-7-16)30-25(34)21-5-4-12-36-21)31-24(17)18-8-11-20(22(13-18)35-2)37-26(27,28)29/h4-13,17H,3,14-15H2,1-2H3,(H,30,34). The third kappa shape index (κ3) is 6.29. The Labute approximate surface area is 210 Å². The first-order chi connectivity index (χ1) is 17.7. The molecule has 1 aromatic heterocycles. The molecule has 0 aliphatic carbocycles. The number of furan rings is 1. The minimum atomic E-state index is -4.86. The Kier molecular flexibility index (Phi) is 7.51. The van der Waals surface area contributed by atoms with Gasteiger partial charge >= 0.3 is 6.36 Å². The molecule has 4 rings (SSSR count). The first kappa shape index (κ1) is 25.8. The van der Waals surface area contributed by atoms with Gasteiger partial charge in [-0.25, -0.2) is 5.01 Å². The monoisotopic (exact) mass is 515 g/mol. The summed E-state index contributed by atoms with van der Waals surface area (Å²) in [7, 11) is 1.25. The summed E-state index contributed by atoms with van der Waals surface area (Å²) >= 11 is 0. The van der Waals surface area contributed by atoms with Crippen LogP contribution in [0.1, 0.15) is 41.4 Å². The summed E-state index contributed by atoms with van der Waals surface area (Å²) < 4.78 is 52.3. The maximum absolute atomic E-state index is 12.8. The van der Waals surface area contributed by atoms with Crippen molar-refractivity contribution >= 4 is 23.2 Å². The van der Waals surface area contributed by atoms with E-state index in [0.717, 1.165) is 5.56 Å². The number of alkyl halides is 3. The van der Waals surface area contributed by atoms with Crippen LogP contribution in [0.15, 0.2) is 70.4 Å². The van der Waals surface area contributed by atoms with E-state index in [9.17, 15) is 22.8 Å². The van der Waals surface area contributed by atoms with Crippen molar-refractivity contribution in [1.29, 1.82) is 0 Å². The summed E-state index contributed by atoms with van der Waals surface area (Å²) in [4.78, 5) is 24.9. The summed E-state index contributed by atoms with van der Waals surface area (Å²) in [6.45, 7) is 2.09. The fourth-order valence-electron chi connectivity index (χ4n) is 3.94. The number of nitrogens with one attached hydrogen (secondary N) is 1. The highest BCUT2D eigenvalue weighted by Crippen LogP contribution is 2.35. The van der Waals surface area contributed by atoms with Crippen LogP contribution in [0.4, 0.5) is 18.9 Å². The quantitative estimate of drug-likeness (QED) is 0.422. The van der Waals surface area contributed by atoms with Gasteiger partial charge in [0, 0.05) is 23.6 Å². The number of anilines is 1. The minimum absolute atomic E-state index is 0.0944. The molecular weight excluding hydrogens is 491 g/mol. The van der Waals surface area contributed by atoms with E-state index in [-0.39, 0.29) is 42.2 Å². The number of rotatable bonds is 8. The topological polar surface area (TPSA) is 93.4 Å². The molecule has 0 spiro atoms. The summed E-state index contributed by atoms with van der Waals surface area (Å²) in [5.41, 5.74) is 2.43. The van der Waals surface area contributed by atoms with Crippen molar-refractivity contribution in [3.63, 3.8) is 0 Å². The first-order valence-electron chi connectivity index (χ1n) is 11.4. The third-order valence-corrected chi connectivity index (χ3v) is 5.79. The van der Waals surface area contributed by atoms with E-state index in [4.69, 9.17) is 9.15 Å². The number of methoxy groups -OCH3 is 1. The Hall–Kier alpha value is -4.28. The molecule has 194 valence electrons. The highest BCUT2D eigenvalue weighted by Gasteiger charge is 2.34. The largest absolute Gasteiger partial charge is 0.573 e. The van der Waals surface area contributed by atoms with E-state index in [1.807, 2.05) is 6.92 Å². The van der Waals surface area contributed by atoms with Crippen molar-refractivity contribution in [2.75, 3.05) is 12.4 Å². The van der Waals surface area contributed by atoms with Crippen molar-refractivity contribution in [2.45, 2.75) is 32.7 Å². The molecule has 0 radical (unpaired) electrons. The molecule has 0 bridgehead atoms. The molecule has 2 amide bonds. The zero-order chi connectivity index (χ0) is 26.6. The lowest BCUT2D eigenvalue weighted by molar-refractivity contribution is -0.275. The lowest BCUT2D eigenvalue weighted by atomic mass is 9.89. The molecule has 2 heterocycles. The molecule has 2 aromatic carbocycles. The van der Waals surface area contributed by atoms with Crippen LogP contribution in [-0.2, 0) is 11.3 Å². The summed E-state index contributed by atoms with van der Waals surface area (Å²) in [5, 5.41) is 8.62. The minimum Gasteiger partial charge on any atom is -0.493 e. The van der Waals surface area contributed by atoms with Gasteiger partial charge in [0.1, 0.15) is 0 Å². The summed E-state index contributed by atoms with van der Waals surface area (Å²) in [5.74, 6) is -1.13. The summed E-state index contributed by atoms with van der Waals surface area (Å²) in [6.07, 6.45) is -2.63. The molecule has 1 N–H and O–H groups in total. The van der Waals surface area contributed by atoms with Crippen molar-refractivity contribution in [1.82, 2.24) is 5.01 Å². The number of hydrogen-bond acceptors (Lipinski definition) is 6. The zero-order valence-electron chi connectivity index (χ0n) is 20.0. The van der Waals surface area contributed by atoms with Gasteiger partial charge in [-0.15, -0.1) is 13.2 Å². The Morgan fingerprint density at radius 3 is 2.54 bits per heavy atom. The van der Waals surface area contributed by atoms with Crippen LogP contribution in [0.5, 0.6) is 11.5 Å². The number of halogens is 3. The molecule has 1 unspecified atom stereocenters. The number of hydrazone groups is 1. The van der Waals surface area contributed by atoms with Crippen molar-refractivity contribution in [3.05, 3.63) is 77.7 Å². The SMILES string of the molecule is CCC1CC(=O)N(Cc2ccc(NC(=O)c3ccco3)cc2)N=C1c1ccc(OC(F)(F)F)c(OC)c1. The van der Waals surface area contributed by atoms with Gasteiger partial charge < -0.3 is 19.2 Å². The predicted octanol–water partition coefficient (Wildman–Crippen LogP) is 5.60. The van der Waals surface area contributed by atoms with E-state index < -0.39 is 12.1 Å². The highest BCUT2D eigenvalue weighted by atomic mass is 19.4. The lowest BCUT2D eigenvalue weighted by Crippen LogP contribution is -2.36. The van der Waals surface area contributed by atoms with Crippen molar-refractivity contribution in [2.24, 2.45) is 11.0 Å². The van der Waals surface area contributed by atoms with Crippen molar-refractivity contribution in [3.8, 4) is 11.5 Å². The van der Waals surface area contributed by atoms with Crippen LogP contribution in [0.25, 0.3) is 0 Å². The zero-order valence-corrected chi connectivity index (χ0v) is 20.0. The Balaban J connectivity index is 1.53. The van der Waals surface area contributed by atoms with Gasteiger partial charge in [0.2, 0.25) is 5.91 Å². The normalized spacial score (nSPS) is 15.8. The predicted molar refractivity (Wildman–Crippen MR) is 128 cm³/mol. The molecule has 0 saturated heterocycles. The number of nitrogens with zero attached hydrogens (tertiary/aromatic N) is 2. The van der Waals surface area contributed by atoms with Gasteiger partial charge in [-0.05, 0) is 54.4 Å². The molecule has 1 atom stereocenters. The van der Waals surface area contributed by atoms with Gasteiger partial charge in [-0.3, -0.25) is 9.59 Å². The number of ether oxygens (including phenoxy) is 2. The van der Waals surface area contributed by atoms with Gasteiger partial charge in [0.25, 0.3) is 5.91 Å². The number of benzene rings is 2. The summed E-state index contributed by atoms with van der Waals surface area (Å²) in [6, 6.07) is 14.2. The Morgan fingerprint density at radius 1 is 1.16 bits per heavy atom. The van der Waals surface area contributed by atoms with E-state index in [0.29, 0.717) is 23.4 Å². The van der Waals surface area contributed by atoms with Gasteiger partial charge in [0.05, 0.1) is 25.6 Å². The number of amides is 2. The number of carbonyl (C=O) groups is 2. The molecule has 1 aliphatic heterocycles. The highest BCUT2D eigenvalue weighted by molar-refractivity contribution is 6.06. The fourth-order valence-corrected chi connectivity index (χ4v) is 3.94. The maximum Gasteiger partial charge on any atom is 0.573 e. The van der Waals surface area contributed by atoms with Crippen molar-refractivity contribution < 1.29 is 36.7 Å². The Bertz CT molecular complexity index is 1290. The Morgan fingerprint density at radius 2 is 1.92 bits per heavy atom. The second-order valence-electron chi connectivity index (χ2n) is 8.29. The molecule has 37 heavy (non-hydrogen) atoms. The van der Waals surface area contributed by atoms with Crippen LogP contribution in [0.3, 0.4) is 0 Å². The molecule has 0 fully saturated rings.